The number of carbonyl (C=O) groups excluding carboxylic acids is 1. The zero-order chi connectivity index (χ0) is 15.8. The van der Waals surface area contributed by atoms with Gasteiger partial charge in [0.1, 0.15) is 21.2 Å². The van der Waals surface area contributed by atoms with Gasteiger partial charge >= 0.3 is 6.09 Å². The fourth-order valence-corrected chi connectivity index (χ4v) is 2.83. The van der Waals surface area contributed by atoms with E-state index in [1.807, 2.05) is 0 Å². The smallest absolute Gasteiger partial charge is 0.412 e. The molecule has 1 amide bonds. The summed E-state index contributed by atoms with van der Waals surface area (Å²) < 4.78 is 33.5. The van der Waals surface area contributed by atoms with Gasteiger partial charge in [-0.3, -0.25) is 4.90 Å². The van der Waals surface area contributed by atoms with E-state index in [4.69, 9.17) is 9.47 Å². The first-order valence-electron chi connectivity index (χ1n) is 6.66. The number of rotatable bonds is 3. The van der Waals surface area contributed by atoms with Gasteiger partial charge in [-0.15, -0.1) is 0 Å². The van der Waals surface area contributed by atoms with Crippen LogP contribution < -0.4 is 0 Å². The van der Waals surface area contributed by atoms with E-state index in [0.29, 0.717) is 13.0 Å². The summed E-state index contributed by atoms with van der Waals surface area (Å²) >= 11 is 0. The highest BCUT2D eigenvalue weighted by Crippen LogP contribution is 2.30. The minimum Gasteiger partial charge on any atom is -0.444 e. The van der Waals surface area contributed by atoms with Crippen molar-refractivity contribution in [2.75, 3.05) is 18.6 Å². The average molecular weight is 307 g/mol. The second-order valence-corrected chi connectivity index (χ2v) is 8.94. The molecule has 1 heterocycles. The minimum absolute atomic E-state index is 0.0242. The molecule has 0 unspecified atom stereocenters. The lowest BCUT2D eigenvalue weighted by atomic mass is 10.1. The van der Waals surface area contributed by atoms with Crippen LogP contribution in [0.5, 0.6) is 0 Å². The molecule has 118 valence electrons. The van der Waals surface area contributed by atoms with Gasteiger partial charge in [0, 0.05) is 6.26 Å². The van der Waals surface area contributed by atoms with Gasteiger partial charge in [-0.25, -0.2) is 13.2 Å². The summed E-state index contributed by atoms with van der Waals surface area (Å²) in [6.07, 6.45) is 1.06. The monoisotopic (exact) mass is 307 g/mol. The molecular formula is C13H25NO5S. The molecule has 7 heteroatoms. The molecule has 0 spiro atoms. The van der Waals surface area contributed by atoms with Crippen molar-refractivity contribution >= 4 is 15.9 Å². The van der Waals surface area contributed by atoms with Crippen LogP contribution in [0.15, 0.2) is 0 Å². The Morgan fingerprint density at radius 2 is 1.95 bits per heavy atom. The molecule has 0 bridgehead atoms. The van der Waals surface area contributed by atoms with Crippen LogP contribution in [0.4, 0.5) is 4.79 Å². The van der Waals surface area contributed by atoms with Crippen molar-refractivity contribution < 1.29 is 22.7 Å². The maximum absolute atomic E-state index is 12.3. The Bertz CT molecular complexity index is 464. The zero-order valence-electron chi connectivity index (χ0n) is 13.1. The molecule has 0 aromatic carbocycles. The highest BCUT2D eigenvalue weighted by Gasteiger charge is 2.45. The SMILES string of the molecule is CC(C)(C)OC(=O)N1[C@@H](CCS(C)(=O)=O)COC1(C)C. The predicted molar refractivity (Wildman–Crippen MR) is 76.2 cm³/mol. The molecular weight excluding hydrogens is 282 g/mol. The Hall–Kier alpha value is -0.820. The number of amides is 1. The van der Waals surface area contributed by atoms with Crippen molar-refractivity contribution in [3.8, 4) is 0 Å². The summed E-state index contributed by atoms with van der Waals surface area (Å²) in [6.45, 7) is 9.25. The van der Waals surface area contributed by atoms with E-state index in [1.165, 1.54) is 11.2 Å². The van der Waals surface area contributed by atoms with Gasteiger partial charge in [0.2, 0.25) is 0 Å². The first-order valence-corrected chi connectivity index (χ1v) is 8.72. The number of carbonyl (C=O) groups is 1. The summed E-state index contributed by atoms with van der Waals surface area (Å²) in [5.41, 5.74) is -1.39. The van der Waals surface area contributed by atoms with Gasteiger partial charge in [0.25, 0.3) is 0 Å². The summed E-state index contributed by atoms with van der Waals surface area (Å²) in [5.74, 6) is 0.0242. The van der Waals surface area contributed by atoms with Crippen LogP contribution in [0.3, 0.4) is 0 Å². The van der Waals surface area contributed by atoms with Crippen molar-refractivity contribution in [2.45, 2.75) is 58.4 Å². The summed E-state index contributed by atoms with van der Waals surface area (Å²) in [4.78, 5) is 13.8. The van der Waals surface area contributed by atoms with Crippen molar-refractivity contribution in [3.05, 3.63) is 0 Å². The Morgan fingerprint density at radius 1 is 1.40 bits per heavy atom. The molecule has 1 fully saturated rings. The van der Waals surface area contributed by atoms with Crippen LogP contribution in [-0.2, 0) is 19.3 Å². The fraction of sp³-hybridized carbons (Fsp3) is 0.923. The summed E-state index contributed by atoms with van der Waals surface area (Å²) in [6, 6.07) is -0.283. The lowest BCUT2D eigenvalue weighted by molar-refractivity contribution is -0.0625. The molecule has 0 aromatic rings. The normalized spacial score (nSPS) is 22.9. The van der Waals surface area contributed by atoms with Crippen LogP contribution in [0, 0.1) is 0 Å². The third-order valence-electron chi connectivity index (χ3n) is 2.99. The van der Waals surface area contributed by atoms with Crippen LogP contribution in [-0.4, -0.2) is 55.4 Å². The largest absolute Gasteiger partial charge is 0.444 e. The molecule has 0 saturated carbocycles. The summed E-state index contributed by atoms with van der Waals surface area (Å²) in [5, 5.41) is 0. The van der Waals surface area contributed by atoms with Gasteiger partial charge in [-0.2, -0.15) is 0 Å². The topological polar surface area (TPSA) is 72.9 Å². The highest BCUT2D eigenvalue weighted by atomic mass is 32.2. The third kappa shape index (κ3) is 4.94. The van der Waals surface area contributed by atoms with Crippen LogP contribution in [0.2, 0.25) is 0 Å². The van der Waals surface area contributed by atoms with Gasteiger partial charge in [0.05, 0.1) is 18.4 Å². The summed E-state index contributed by atoms with van der Waals surface area (Å²) in [7, 11) is -3.07. The second-order valence-electron chi connectivity index (χ2n) is 6.68. The van der Waals surface area contributed by atoms with Gasteiger partial charge in [0.15, 0.2) is 0 Å². The lowest BCUT2D eigenvalue weighted by Crippen LogP contribution is -2.50. The van der Waals surface area contributed by atoms with E-state index in [9.17, 15) is 13.2 Å². The molecule has 1 aliphatic rings. The van der Waals surface area contributed by atoms with E-state index in [-0.39, 0.29) is 11.8 Å². The van der Waals surface area contributed by atoms with Gasteiger partial charge in [-0.1, -0.05) is 0 Å². The van der Waals surface area contributed by atoms with Crippen molar-refractivity contribution in [3.63, 3.8) is 0 Å². The molecule has 0 aromatic heterocycles. The van der Waals surface area contributed by atoms with Gasteiger partial charge in [-0.05, 0) is 41.0 Å². The van der Waals surface area contributed by atoms with E-state index >= 15 is 0 Å². The Morgan fingerprint density at radius 3 is 2.40 bits per heavy atom. The molecule has 0 radical (unpaired) electrons. The Balaban J connectivity index is 2.83. The average Bonchev–Trinajstić information content (AvgIpc) is 2.46. The minimum atomic E-state index is -3.07. The molecule has 1 aliphatic heterocycles. The van der Waals surface area contributed by atoms with E-state index in [2.05, 4.69) is 0 Å². The Kier molecular flexibility index (Phi) is 4.76. The lowest BCUT2D eigenvalue weighted by Gasteiger charge is -2.35. The standard InChI is InChI=1S/C13H25NO5S/c1-12(2,3)19-11(15)14-10(7-8-20(6,16)17)9-18-13(14,4)5/h10H,7-9H2,1-6H3/t10-/m0/s1. The molecule has 1 saturated heterocycles. The number of sulfone groups is 1. The molecule has 0 N–H and O–H groups in total. The van der Waals surface area contributed by atoms with Crippen molar-refractivity contribution in [1.82, 2.24) is 4.90 Å². The van der Waals surface area contributed by atoms with Gasteiger partial charge < -0.3 is 9.47 Å². The number of hydrogen-bond acceptors (Lipinski definition) is 5. The predicted octanol–water partition coefficient (Wildman–Crippen LogP) is 1.79. The van der Waals surface area contributed by atoms with Crippen molar-refractivity contribution in [1.29, 1.82) is 0 Å². The van der Waals surface area contributed by atoms with Crippen LogP contribution in [0.25, 0.3) is 0 Å². The first-order chi connectivity index (χ1) is 8.82. The molecule has 1 atom stereocenters. The number of nitrogens with zero attached hydrogens (tertiary/aromatic N) is 1. The molecule has 20 heavy (non-hydrogen) atoms. The second kappa shape index (κ2) is 5.52. The third-order valence-corrected chi connectivity index (χ3v) is 3.96. The van der Waals surface area contributed by atoms with Crippen LogP contribution in [0.1, 0.15) is 41.0 Å². The van der Waals surface area contributed by atoms with Crippen molar-refractivity contribution in [2.24, 2.45) is 0 Å². The molecule has 1 rings (SSSR count). The molecule has 6 nitrogen and oxygen atoms in total. The zero-order valence-corrected chi connectivity index (χ0v) is 13.9. The Labute approximate surface area is 121 Å². The van der Waals surface area contributed by atoms with E-state index < -0.39 is 27.3 Å². The molecule has 0 aliphatic carbocycles. The van der Waals surface area contributed by atoms with Crippen LogP contribution >= 0.6 is 0 Å². The quantitative estimate of drug-likeness (QED) is 0.795. The maximum atomic E-state index is 12.3. The number of hydrogen-bond donors (Lipinski definition) is 0. The van der Waals surface area contributed by atoms with E-state index in [1.54, 1.807) is 34.6 Å². The first kappa shape index (κ1) is 17.2. The maximum Gasteiger partial charge on any atom is 0.412 e. The highest BCUT2D eigenvalue weighted by molar-refractivity contribution is 7.90. The fourth-order valence-electron chi connectivity index (χ4n) is 2.13. The van der Waals surface area contributed by atoms with E-state index in [0.717, 1.165) is 0 Å². The number of ether oxygens (including phenoxy) is 2.